The van der Waals surface area contributed by atoms with Crippen LogP contribution in [0.3, 0.4) is 0 Å². The summed E-state index contributed by atoms with van der Waals surface area (Å²) in [4.78, 5) is 2.60. The van der Waals surface area contributed by atoms with Crippen LogP contribution in [0.25, 0.3) is 0 Å². The zero-order chi connectivity index (χ0) is 11.2. The maximum atomic E-state index is 5.39. The Bertz CT molecular complexity index is 184. The molecule has 2 rings (SSSR count). The maximum absolute atomic E-state index is 5.39. The summed E-state index contributed by atoms with van der Waals surface area (Å²) in [5.74, 6) is 0. The van der Waals surface area contributed by atoms with Crippen molar-refractivity contribution < 1.29 is 4.74 Å². The summed E-state index contributed by atoms with van der Waals surface area (Å²) in [7, 11) is 1.84. The summed E-state index contributed by atoms with van der Waals surface area (Å²) < 4.78 is 5.39. The fraction of sp³-hybridized carbons (Fsp3) is 1.00. The third-order valence-electron chi connectivity index (χ3n) is 4.07. The smallest absolute Gasteiger partial charge is 0.0595 e. The van der Waals surface area contributed by atoms with E-state index in [1.807, 2.05) is 7.11 Å². The van der Waals surface area contributed by atoms with Crippen LogP contribution in [0.2, 0.25) is 0 Å². The van der Waals surface area contributed by atoms with Gasteiger partial charge < -0.3 is 15.0 Å². The van der Waals surface area contributed by atoms with Crippen molar-refractivity contribution in [3.8, 4) is 0 Å². The molecule has 2 fully saturated rings. The van der Waals surface area contributed by atoms with Crippen LogP contribution >= 0.6 is 0 Å². The second-order valence-corrected chi connectivity index (χ2v) is 5.21. The van der Waals surface area contributed by atoms with Crippen molar-refractivity contribution in [3.63, 3.8) is 0 Å². The van der Waals surface area contributed by atoms with E-state index in [1.165, 1.54) is 64.7 Å². The fourth-order valence-corrected chi connectivity index (χ4v) is 2.88. The van der Waals surface area contributed by atoms with Gasteiger partial charge >= 0.3 is 0 Å². The normalized spacial score (nSPS) is 29.4. The molecule has 2 saturated heterocycles. The molecule has 0 saturated carbocycles. The van der Waals surface area contributed by atoms with Crippen LogP contribution in [0.15, 0.2) is 0 Å². The Morgan fingerprint density at radius 2 is 2.00 bits per heavy atom. The Balaban J connectivity index is 1.59. The maximum Gasteiger partial charge on any atom is 0.0595 e. The molecule has 3 heteroatoms. The van der Waals surface area contributed by atoms with Gasteiger partial charge in [-0.05, 0) is 45.2 Å². The van der Waals surface area contributed by atoms with Crippen molar-refractivity contribution >= 4 is 0 Å². The van der Waals surface area contributed by atoms with Gasteiger partial charge in [-0.15, -0.1) is 0 Å². The number of nitrogens with one attached hydrogen (secondary N) is 1. The predicted octanol–water partition coefficient (Wildman–Crippen LogP) is 1.63. The molecule has 0 spiro atoms. The molecule has 16 heavy (non-hydrogen) atoms. The van der Waals surface area contributed by atoms with Crippen LogP contribution in [-0.4, -0.2) is 50.3 Å². The van der Waals surface area contributed by atoms with Gasteiger partial charge in [0.1, 0.15) is 0 Å². The van der Waals surface area contributed by atoms with Crippen molar-refractivity contribution in [2.24, 2.45) is 0 Å². The number of piperidine rings is 2. The van der Waals surface area contributed by atoms with Gasteiger partial charge in [0.15, 0.2) is 0 Å². The number of rotatable bonds is 4. The fourth-order valence-electron chi connectivity index (χ4n) is 2.88. The topological polar surface area (TPSA) is 24.5 Å². The Kier molecular flexibility index (Phi) is 5.07. The van der Waals surface area contributed by atoms with E-state index in [-0.39, 0.29) is 0 Å². The molecule has 3 nitrogen and oxygen atoms in total. The van der Waals surface area contributed by atoms with Crippen LogP contribution in [0, 0.1) is 0 Å². The van der Waals surface area contributed by atoms with Gasteiger partial charge in [-0.2, -0.15) is 0 Å². The van der Waals surface area contributed by atoms with Gasteiger partial charge in [-0.1, -0.05) is 6.42 Å². The first-order valence-corrected chi connectivity index (χ1v) is 6.87. The molecule has 2 aliphatic heterocycles. The lowest BCUT2D eigenvalue weighted by atomic mass is 10.0. The average Bonchev–Trinajstić information content (AvgIpc) is 2.38. The Hall–Kier alpha value is -0.120. The number of hydrogen-bond donors (Lipinski definition) is 1. The van der Waals surface area contributed by atoms with Crippen molar-refractivity contribution in [1.29, 1.82) is 0 Å². The molecule has 2 heterocycles. The lowest BCUT2D eigenvalue weighted by Gasteiger charge is -2.33. The SMILES string of the molecule is COC1CCN(CCC2CCCCN2)CC1. The second kappa shape index (κ2) is 6.58. The summed E-state index contributed by atoms with van der Waals surface area (Å²) in [5, 5.41) is 3.63. The molecule has 0 aliphatic carbocycles. The van der Waals surface area contributed by atoms with Crippen LogP contribution in [0.4, 0.5) is 0 Å². The average molecular weight is 226 g/mol. The minimum absolute atomic E-state index is 0.518. The molecule has 2 aliphatic rings. The predicted molar refractivity (Wildman–Crippen MR) is 66.7 cm³/mol. The van der Waals surface area contributed by atoms with Gasteiger partial charge in [-0.3, -0.25) is 0 Å². The first kappa shape index (κ1) is 12.3. The Morgan fingerprint density at radius 1 is 1.19 bits per heavy atom. The monoisotopic (exact) mass is 226 g/mol. The number of likely N-dealkylation sites (tertiary alicyclic amines) is 1. The van der Waals surface area contributed by atoms with Gasteiger partial charge in [0.05, 0.1) is 6.10 Å². The molecule has 94 valence electrons. The highest BCUT2D eigenvalue weighted by Crippen LogP contribution is 2.15. The standard InChI is InChI=1S/C13H26N2O/c1-16-13-6-10-15(11-7-13)9-5-12-4-2-3-8-14-12/h12-14H,2-11H2,1H3. The minimum atomic E-state index is 0.518. The van der Waals surface area contributed by atoms with Crippen LogP contribution in [0.1, 0.15) is 38.5 Å². The van der Waals surface area contributed by atoms with E-state index in [1.54, 1.807) is 0 Å². The van der Waals surface area contributed by atoms with Crippen molar-refractivity contribution in [2.75, 3.05) is 33.3 Å². The molecular formula is C13H26N2O. The number of methoxy groups -OCH3 is 1. The van der Waals surface area contributed by atoms with E-state index in [2.05, 4.69) is 10.2 Å². The van der Waals surface area contributed by atoms with E-state index in [0.717, 1.165) is 6.04 Å². The van der Waals surface area contributed by atoms with E-state index >= 15 is 0 Å². The minimum Gasteiger partial charge on any atom is -0.381 e. The van der Waals surface area contributed by atoms with Crippen molar-refractivity contribution in [2.45, 2.75) is 50.7 Å². The van der Waals surface area contributed by atoms with Crippen LogP contribution in [-0.2, 0) is 4.74 Å². The molecule has 1 atom stereocenters. The van der Waals surface area contributed by atoms with E-state index in [4.69, 9.17) is 4.74 Å². The van der Waals surface area contributed by atoms with E-state index in [0.29, 0.717) is 6.10 Å². The number of nitrogens with zero attached hydrogens (tertiary/aromatic N) is 1. The molecule has 0 bridgehead atoms. The van der Waals surface area contributed by atoms with Crippen molar-refractivity contribution in [1.82, 2.24) is 10.2 Å². The second-order valence-electron chi connectivity index (χ2n) is 5.21. The third kappa shape index (κ3) is 3.72. The number of hydrogen-bond acceptors (Lipinski definition) is 3. The van der Waals surface area contributed by atoms with Crippen LogP contribution in [0.5, 0.6) is 0 Å². The molecule has 1 N–H and O–H groups in total. The zero-order valence-electron chi connectivity index (χ0n) is 10.6. The summed E-state index contributed by atoms with van der Waals surface area (Å²) in [6.45, 7) is 4.96. The molecule has 1 unspecified atom stereocenters. The first-order valence-electron chi connectivity index (χ1n) is 6.87. The first-order chi connectivity index (χ1) is 7.88. The molecule has 0 radical (unpaired) electrons. The quantitative estimate of drug-likeness (QED) is 0.788. The molecule has 0 aromatic carbocycles. The molecular weight excluding hydrogens is 200 g/mol. The summed E-state index contributed by atoms with van der Waals surface area (Å²) in [5.41, 5.74) is 0. The zero-order valence-corrected chi connectivity index (χ0v) is 10.6. The van der Waals surface area contributed by atoms with Gasteiger partial charge in [0.2, 0.25) is 0 Å². The van der Waals surface area contributed by atoms with Gasteiger partial charge in [-0.25, -0.2) is 0 Å². The van der Waals surface area contributed by atoms with E-state index < -0.39 is 0 Å². The Labute approximate surface area is 99.5 Å². The van der Waals surface area contributed by atoms with Crippen molar-refractivity contribution in [3.05, 3.63) is 0 Å². The lowest BCUT2D eigenvalue weighted by Crippen LogP contribution is -2.41. The summed E-state index contributed by atoms with van der Waals surface area (Å²) in [6.07, 6.45) is 8.46. The Morgan fingerprint density at radius 3 is 2.62 bits per heavy atom. The highest BCUT2D eigenvalue weighted by Gasteiger charge is 2.19. The molecule has 0 amide bonds. The highest BCUT2D eigenvalue weighted by molar-refractivity contribution is 4.76. The third-order valence-corrected chi connectivity index (χ3v) is 4.07. The summed E-state index contributed by atoms with van der Waals surface area (Å²) in [6, 6.07) is 0.786. The van der Waals surface area contributed by atoms with Gasteiger partial charge in [0.25, 0.3) is 0 Å². The highest BCUT2D eigenvalue weighted by atomic mass is 16.5. The lowest BCUT2D eigenvalue weighted by molar-refractivity contribution is 0.0398. The summed E-state index contributed by atoms with van der Waals surface area (Å²) >= 11 is 0. The molecule has 0 aromatic heterocycles. The molecule has 0 aromatic rings. The van der Waals surface area contributed by atoms with E-state index in [9.17, 15) is 0 Å². The largest absolute Gasteiger partial charge is 0.381 e. The number of ether oxygens (including phenoxy) is 1. The van der Waals surface area contributed by atoms with Crippen LogP contribution < -0.4 is 5.32 Å². The van der Waals surface area contributed by atoms with Gasteiger partial charge in [0, 0.05) is 26.2 Å².